The molecule has 0 saturated heterocycles. The zero-order chi connectivity index (χ0) is 8.10. The van der Waals surface area contributed by atoms with Crippen LogP contribution in [0, 0.1) is 0 Å². The van der Waals surface area contributed by atoms with E-state index in [1.54, 1.807) is 0 Å². The standard InChI is InChI=1S/C6H11N3O2/c1-2-11-4-5-3-7-6(10)9-8-5/h2-4H2,1H3,(H2,7,9,10). The molecule has 5 heteroatoms. The van der Waals surface area contributed by atoms with Gasteiger partial charge in [0.15, 0.2) is 0 Å². The van der Waals surface area contributed by atoms with Crippen molar-refractivity contribution >= 4 is 11.7 Å². The van der Waals surface area contributed by atoms with Crippen LogP contribution in [0.3, 0.4) is 0 Å². The van der Waals surface area contributed by atoms with Crippen molar-refractivity contribution in [2.24, 2.45) is 5.10 Å². The molecule has 0 aromatic rings. The smallest absolute Gasteiger partial charge is 0.335 e. The number of hydrogen-bond donors (Lipinski definition) is 2. The summed E-state index contributed by atoms with van der Waals surface area (Å²) in [6.45, 7) is 3.53. The summed E-state index contributed by atoms with van der Waals surface area (Å²) in [5.41, 5.74) is 3.11. The molecule has 0 spiro atoms. The fraction of sp³-hybridized carbons (Fsp3) is 0.667. The molecule has 2 N–H and O–H groups in total. The van der Waals surface area contributed by atoms with E-state index in [0.29, 0.717) is 19.8 Å². The van der Waals surface area contributed by atoms with E-state index in [0.717, 1.165) is 5.71 Å². The van der Waals surface area contributed by atoms with Crippen LogP contribution in [0.2, 0.25) is 0 Å². The number of hydrazone groups is 1. The Hall–Kier alpha value is -1.10. The zero-order valence-corrected chi connectivity index (χ0v) is 6.39. The van der Waals surface area contributed by atoms with Gasteiger partial charge in [0, 0.05) is 6.61 Å². The summed E-state index contributed by atoms with van der Waals surface area (Å²) < 4.78 is 5.09. The largest absolute Gasteiger partial charge is 0.376 e. The van der Waals surface area contributed by atoms with E-state index in [-0.39, 0.29) is 6.03 Å². The molecule has 1 rings (SSSR count). The maximum Gasteiger partial charge on any atom is 0.335 e. The van der Waals surface area contributed by atoms with Crippen molar-refractivity contribution in [3.05, 3.63) is 0 Å². The molecule has 0 aliphatic carbocycles. The first-order valence-electron chi connectivity index (χ1n) is 3.50. The molecule has 0 fully saturated rings. The average molecular weight is 157 g/mol. The number of nitrogens with zero attached hydrogens (tertiary/aromatic N) is 1. The van der Waals surface area contributed by atoms with E-state index in [4.69, 9.17) is 4.74 Å². The first-order valence-corrected chi connectivity index (χ1v) is 3.50. The monoisotopic (exact) mass is 157 g/mol. The van der Waals surface area contributed by atoms with Crippen LogP contribution >= 0.6 is 0 Å². The van der Waals surface area contributed by atoms with Crippen LogP contribution < -0.4 is 10.7 Å². The van der Waals surface area contributed by atoms with E-state index in [1.807, 2.05) is 6.92 Å². The summed E-state index contributed by atoms with van der Waals surface area (Å²) in [6.07, 6.45) is 0. The van der Waals surface area contributed by atoms with Crippen LogP contribution in [0.5, 0.6) is 0 Å². The Kier molecular flexibility index (Phi) is 2.85. The van der Waals surface area contributed by atoms with Gasteiger partial charge in [-0.15, -0.1) is 0 Å². The van der Waals surface area contributed by atoms with Gasteiger partial charge >= 0.3 is 6.03 Å². The van der Waals surface area contributed by atoms with Crippen molar-refractivity contribution in [2.45, 2.75) is 6.92 Å². The van der Waals surface area contributed by atoms with Gasteiger partial charge < -0.3 is 10.1 Å². The molecule has 0 aromatic carbocycles. The lowest BCUT2D eigenvalue weighted by Crippen LogP contribution is -2.43. The molecule has 2 amide bonds. The maximum atomic E-state index is 10.5. The van der Waals surface area contributed by atoms with E-state index in [2.05, 4.69) is 15.8 Å². The van der Waals surface area contributed by atoms with Crippen molar-refractivity contribution in [3.8, 4) is 0 Å². The van der Waals surface area contributed by atoms with Crippen molar-refractivity contribution in [3.63, 3.8) is 0 Å². The minimum atomic E-state index is -0.259. The van der Waals surface area contributed by atoms with Crippen LogP contribution in [0.1, 0.15) is 6.92 Å². The Labute approximate surface area is 64.8 Å². The Bertz CT molecular complexity index is 179. The molecule has 0 atom stereocenters. The van der Waals surface area contributed by atoms with Gasteiger partial charge in [0.25, 0.3) is 0 Å². The Morgan fingerprint density at radius 1 is 1.73 bits per heavy atom. The second-order valence-corrected chi connectivity index (χ2v) is 2.11. The average Bonchev–Trinajstić information content (AvgIpc) is 2.04. The zero-order valence-electron chi connectivity index (χ0n) is 6.39. The molecule has 11 heavy (non-hydrogen) atoms. The minimum absolute atomic E-state index is 0.259. The molecular formula is C6H11N3O2. The molecule has 1 heterocycles. The predicted octanol–water partition coefficient (Wildman–Crippen LogP) is -0.308. The van der Waals surface area contributed by atoms with Crippen molar-refractivity contribution in [1.82, 2.24) is 10.7 Å². The molecule has 1 aliphatic heterocycles. The topological polar surface area (TPSA) is 62.7 Å². The van der Waals surface area contributed by atoms with Crippen molar-refractivity contribution in [1.29, 1.82) is 0 Å². The lowest BCUT2D eigenvalue weighted by atomic mass is 10.4. The Morgan fingerprint density at radius 2 is 2.55 bits per heavy atom. The van der Waals surface area contributed by atoms with Gasteiger partial charge in [0.2, 0.25) is 0 Å². The predicted molar refractivity (Wildman–Crippen MR) is 40.5 cm³/mol. The van der Waals surface area contributed by atoms with Crippen molar-refractivity contribution in [2.75, 3.05) is 19.8 Å². The number of carbonyl (C=O) groups is 1. The number of nitrogens with one attached hydrogen (secondary N) is 2. The van der Waals surface area contributed by atoms with Crippen molar-refractivity contribution < 1.29 is 9.53 Å². The first kappa shape index (κ1) is 8.00. The van der Waals surface area contributed by atoms with Crippen LogP contribution in [0.15, 0.2) is 5.10 Å². The van der Waals surface area contributed by atoms with Gasteiger partial charge in [-0.2, -0.15) is 5.10 Å². The SMILES string of the molecule is CCOCC1=NNC(=O)NC1. The number of urea groups is 1. The summed E-state index contributed by atoms with van der Waals surface area (Å²) in [5.74, 6) is 0. The van der Waals surface area contributed by atoms with E-state index in [9.17, 15) is 4.79 Å². The summed E-state index contributed by atoms with van der Waals surface area (Å²) in [6, 6.07) is -0.259. The van der Waals surface area contributed by atoms with Gasteiger partial charge in [-0.05, 0) is 6.92 Å². The molecule has 1 aliphatic rings. The second kappa shape index (κ2) is 3.92. The van der Waals surface area contributed by atoms with Crippen LogP contribution in [0.4, 0.5) is 4.79 Å². The number of hydrogen-bond acceptors (Lipinski definition) is 3. The van der Waals surface area contributed by atoms with Crippen LogP contribution in [-0.2, 0) is 4.74 Å². The Balaban J connectivity index is 2.29. The molecule has 0 bridgehead atoms. The normalized spacial score (nSPS) is 16.8. The van der Waals surface area contributed by atoms with Crippen LogP contribution in [0.25, 0.3) is 0 Å². The van der Waals surface area contributed by atoms with E-state index >= 15 is 0 Å². The fourth-order valence-corrected chi connectivity index (χ4v) is 0.694. The van der Waals surface area contributed by atoms with Gasteiger partial charge in [0.1, 0.15) is 0 Å². The summed E-state index contributed by atoms with van der Waals surface area (Å²) in [7, 11) is 0. The highest BCUT2D eigenvalue weighted by molar-refractivity contribution is 5.93. The highest BCUT2D eigenvalue weighted by atomic mass is 16.5. The lowest BCUT2D eigenvalue weighted by Gasteiger charge is -2.12. The second-order valence-electron chi connectivity index (χ2n) is 2.11. The molecule has 5 nitrogen and oxygen atoms in total. The Morgan fingerprint density at radius 3 is 3.09 bits per heavy atom. The molecule has 0 radical (unpaired) electrons. The molecule has 0 saturated carbocycles. The fourth-order valence-electron chi connectivity index (χ4n) is 0.694. The molecule has 0 aromatic heterocycles. The van der Waals surface area contributed by atoms with Crippen LogP contribution in [-0.4, -0.2) is 31.5 Å². The quantitative estimate of drug-likeness (QED) is 0.590. The van der Waals surface area contributed by atoms with Gasteiger partial charge in [-0.1, -0.05) is 0 Å². The summed E-state index contributed by atoms with van der Waals surface area (Å²) in [4.78, 5) is 10.5. The van der Waals surface area contributed by atoms with Gasteiger partial charge in [-0.25, -0.2) is 10.2 Å². The third-order valence-corrected chi connectivity index (χ3v) is 1.24. The molecule has 0 unspecified atom stereocenters. The number of carbonyl (C=O) groups excluding carboxylic acids is 1. The summed E-state index contributed by atoms with van der Waals surface area (Å²) >= 11 is 0. The maximum absolute atomic E-state index is 10.5. The lowest BCUT2D eigenvalue weighted by molar-refractivity contribution is 0.185. The van der Waals surface area contributed by atoms with E-state index < -0.39 is 0 Å². The third kappa shape index (κ3) is 2.55. The minimum Gasteiger partial charge on any atom is -0.376 e. The highest BCUT2D eigenvalue weighted by Gasteiger charge is 2.08. The molecular weight excluding hydrogens is 146 g/mol. The number of amides is 2. The number of ether oxygens (including phenoxy) is 1. The van der Waals surface area contributed by atoms with Gasteiger partial charge in [-0.3, -0.25) is 0 Å². The van der Waals surface area contributed by atoms with Gasteiger partial charge in [0.05, 0.1) is 18.9 Å². The number of rotatable bonds is 3. The highest BCUT2D eigenvalue weighted by Crippen LogP contribution is 1.84. The van der Waals surface area contributed by atoms with E-state index in [1.165, 1.54) is 0 Å². The molecule has 62 valence electrons. The first-order chi connectivity index (χ1) is 5.33. The third-order valence-electron chi connectivity index (χ3n) is 1.24. The summed E-state index contributed by atoms with van der Waals surface area (Å²) in [5, 5.41) is 6.36.